The molecule has 6 rings (SSSR count). The number of aryl methyl sites for hydroxylation is 1. The van der Waals surface area contributed by atoms with Crippen molar-refractivity contribution in [1.82, 2.24) is 0 Å². The second-order valence-electron chi connectivity index (χ2n) is 11.5. The maximum Gasteiger partial charge on any atom is 0.488 e. The molecule has 0 bridgehead atoms. The van der Waals surface area contributed by atoms with Crippen molar-refractivity contribution >= 4 is 30.0 Å². The van der Waals surface area contributed by atoms with Gasteiger partial charge in [0.05, 0.1) is 0 Å². The molecule has 1 amide bonds. The Balaban J connectivity index is 1.12. The number of ketones is 1. The number of nitrogens with one attached hydrogen (secondary N) is 1. The fourth-order valence-electron chi connectivity index (χ4n) is 7.81. The molecule has 2 saturated carbocycles. The van der Waals surface area contributed by atoms with Crippen molar-refractivity contribution in [3.8, 4) is 11.5 Å². The second kappa shape index (κ2) is 9.48. The van der Waals surface area contributed by atoms with Crippen LogP contribution in [0.3, 0.4) is 0 Å². The molecule has 5 atom stereocenters. The molecule has 2 aromatic carbocycles. The van der Waals surface area contributed by atoms with Crippen molar-refractivity contribution in [3.63, 3.8) is 0 Å². The number of hydrogen-bond donors (Lipinski definition) is 3. The van der Waals surface area contributed by atoms with Crippen molar-refractivity contribution < 1.29 is 29.1 Å². The molecule has 2 aromatic rings. The Kier molecular flexibility index (Phi) is 6.28. The van der Waals surface area contributed by atoms with Crippen LogP contribution in [-0.4, -0.2) is 35.6 Å². The van der Waals surface area contributed by atoms with Gasteiger partial charge in [-0.3, -0.25) is 9.59 Å². The van der Waals surface area contributed by atoms with E-state index >= 15 is 0 Å². The normalized spacial score (nSPS) is 29.3. The van der Waals surface area contributed by atoms with Crippen LogP contribution in [0.25, 0.3) is 0 Å². The van der Waals surface area contributed by atoms with Gasteiger partial charge in [0.2, 0.25) is 12.7 Å². The van der Waals surface area contributed by atoms with E-state index in [9.17, 15) is 19.6 Å². The summed E-state index contributed by atoms with van der Waals surface area (Å²) in [5, 5.41) is 22.2. The maximum absolute atomic E-state index is 13.3. The molecule has 0 aromatic heterocycles. The Labute approximate surface area is 217 Å². The van der Waals surface area contributed by atoms with E-state index in [1.54, 1.807) is 12.1 Å². The number of rotatable bonds is 6. The van der Waals surface area contributed by atoms with E-state index in [2.05, 4.69) is 18.3 Å². The Bertz CT molecular complexity index is 1230. The number of hydrogen-bond acceptors (Lipinski definition) is 6. The molecule has 194 valence electrons. The van der Waals surface area contributed by atoms with Crippen molar-refractivity contribution in [2.75, 3.05) is 12.1 Å². The monoisotopic (exact) mass is 503 g/mol. The lowest BCUT2D eigenvalue weighted by Gasteiger charge is -2.50. The van der Waals surface area contributed by atoms with E-state index < -0.39 is 7.12 Å². The van der Waals surface area contributed by atoms with Gasteiger partial charge in [0.1, 0.15) is 5.78 Å². The largest absolute Gasteiger partial charge is 0.488 e. The fraction of sp³-hybridized carbons (Fsp3) is 0.517. The number of anilines is 1. The van der Waals surface area contributed by atoms with E-state index in [-0.39, 0.29) is 18.1 Å². The summed E-state index contributed by atoms with van der Waals surface area (Å²) in [6.45, 7) is 2.39. The van der Waals surface area contributed by atoms with Crippen LogP contribution in [0.2, 0.25) is 0 Å². The zero-order valence-corrected chi connectivity index (χ0v) is 21.2. The minimum atomic E-state index is -1.45. The highest BCUT2D eigenvalue weighted by Crippen LogP contribution is 2.62. The van der Waals surface area contributed by atoms with E-state index in [1.807, 2.05) is 18.2 Å². The second-order valence-corrected chi connectivity index (χ2v) is 11.5. The van der Waals surface area contributed by atoms with Gasteiger partial charge in [-0.15, -0.1) is 0 Å². The molecule has 1 heterocycles. The third-order valence-corrected chi connectivity index (χ3v) is 9.53. The summed E-state index contributed by atoms with van der Waals surface area (Å²) in [7, 11) is -1.45. The lowest BCUT2D eigenvalue weighted by atomic mass is 9.53. The summed E-state index contributed by atoms with van der Waals surface area (Å²) in [6.07, 6.45) is 6.52. The first-order chi connectivity index (χ1) is 17.8. The molecule has 0 radical (unpaired) electrons. The molecule has 3 unspecified atom stereocenters. The quantitative estimate of drug-likeness (QED) is 0.521. The number of ether oxygens (including phenoxy) is 2. The predicted molar refractivity (Wildman–Crippen MR) is 140 cm³/mol. The van der Waals surface area contributed by atoms with Crippen LogP contribution in [0, 0.1) is 23.2 Å². The Hall–Kier alpha value is -2.84. The first-order valence-electron chi connectivity index (χ1n) is 13.5. The van der Waals surface area contributed by atoms with Gasteiger partial charge in [0, 0.05) is 30.0 Å². The molecule has 0 saturated heterocycles. The average Bonchev–Trinajstić information content (AvgIpc) is 3.45. The number of amides is 1. The van der Waals surface area contributed by atoms with Crippen LogP contribution < -0.4 is 20.3 Å². The SMILES string of the molecule is C[C@]12CCC3c4ccc(B(O)O)cc4CCC3C1[C@@H](CCCC(=O)Nc1ccc3c(c1)OCO3)CC2=O. The van der Waals surface area contributed by atoms with Gasteiger partial charge in [-0.2, -0.15) is 0 Å². The van der Waals surface area contributed by atoms with Crippen LogP contribution >= 0.6 is 0 Å². The van der Waals surface area contributed by atoms with Crippen molar-refractivity contribution in [1.29, 1.82) is 0 Å². The first-order valence-corrected chi connectivity index (χ1v) is 13.5. The maximum atomic E-state index is 13.3. The van der Waals surface area contributed by atoms with E-state index in [1.165, 1.54) is 11.1 Å². The van der Waals surface area contributed by atoms with E-state index in [0.29, 0.717) is 64.9 Å². The molecule has 8 heteroatoms. The van der Waals surface area contributed by atoms with Crippen molar-refractivity contribution in [2.45, 2.75) is 64.2 Å². The van der Waals surface area contributed by atoms with Gasteiger partial charge in [0.25, 0.3) is 0 Å². The standard InChI is InChI=1S/C29H34BNO6/c1-29-12-11-22-21-9-6-19(30(34)35)13-17(21)5-8-23(22)28(29)18(14-26(29)32)3-2-4-27(33)31-20-7-10-24-25(15-20)37-16-36-24/h6-7,9-10,13,15,18,22-23,28,34-35H,2-5,8,11-12,14,16H2,1H3,(H,31,33)/t18-,22?,23?,28?,29+/m0/s1. The molecular weight excluding hydrogens is 469 g/mol. The molecule has 7 nitrogen and oxygen atoms in total. The van der Waals surface area contributed by atoms with E-state index in [4.69, 9.17) is 9.47 Å². The van der Waals surface area contributed by atoms with Gasteiger partial charge in [-0.05, 0) is 90.9 Å². The molecular formula is C29H34BNO6. The molecule has 3 N–H and O–H groups in total. The Morgan fingerprint density at radius 1 is 1.14 bits per heavy atom. The highest BCUT2D eigenvalue weighted by Gasteiger charge is 2.58. The zero-order valence-electron chi connectivity index (χ0n) is 21.2. The van der Waals surface area contributed by atoms with Crippen LogP contribution in [0.15, 0.2) is 36.4 Å². The predicted octanol–water partition coefficient (Wildman–Crippen LogP) is 3.56. The minimum Gasteiger partial charge on any atom is -0.454 e. The third kappa shape index (κ3) is 4.34. The van der Waals surface area contributed by atoms with Crippen LogP contribution in [0.5, 0.6) is 11.5 Å². The van der Waals surface area contributed by atoms with Crippen LogP contribution in [0.4, 0.5) is 5.69 Å². The number of fused-ring (bicyclic) bond motifs is 6. The number of carbonyl (C=O) groups is 2. The number of benzene rings is 2. The van der Waals surface area contributed by atoms with Gasteiger partial charge >= 0.3 is 7.12 Å². The Morgan fingerprint density at radius 3 is 2.81 bits per heavy atom. The van der Waals surface area contributed by atoms with Gasteiger partial charge in [0.15, 0.2) is 11.5 Å². The van der Waals surface area contributed by atoms with Gasteiger partial charge in [-0.1, -0.05) is 25.1 Å². The van der Waals surface area contributed by atoms with Crippen LogP contribution in [0.1, 0.15) is 68.9 Å². The lowest BCUT2D eigenvalue weighted by molar-refractivity contribution is -0.129. The highest BCUT2D eigenvalue weighted by molar-refractivity contribution is 6.58. The van der Waals surface area contributed by atoms with Crippen molar-refractivity contribution in [3.05, 3.63) is 47.5 Å². The molecule has 0 spiro atoms. The summed E-state index contributed by atoms with van der Waals surface area (Å²) < 4.78 is 10.7. The minimum absolute atomic E-state index is 0.0269. The summed E-state index contributed by atoms with van der Waals surface area (Å²) in [5.74, 6) is 3.22. The summed E-state index contributed by atoms with van der Waals surface area (Å²) in [6, 6.07) is 11.3. The molecule has 2 fully saturated rings. The zero-order chi connectivity index (χ0) is 25.7. The third-order valence-electron chi connectivity index (χ3n) is 9.53. The smallest absolute Gasteiger partial charge is 0.454 e. The number of carbonyl (C=O) groups excluding carboxylic acids is 2. The van der Waals surface area contributed by atoms with Crippen molar-refractivity contribution in [2.24, 2.45) is 23.2 Å². The highest BCUT2D eigenvalue weighted by atomic mass is 16.7. The average molecular weight is 503 g/mol. The summed E-state index contributed by atoms with van der Waals surface area (Å²) in [4.78, 5) is 25.9. The lowest BCUT2D eigenvalue weighted by Crippen LogP contribution is -2.44. The molecule has 37 heavy (non-hydrogen) atoms. The summed E-state index contributed by atoms with van der Waals surface area (Å²) >= 11 is 0. The van der Waals surface area contributed by atoms with Crippen LogP contribution in [-0.2, 0) is 16.0 Å². The topological polar surface area (TPSA) is 105 Å². The summed E-state index contributed by atoms with van der Waals surface area (Å²) in [5.41, 5.74) is 3.52. The number of Topliss-reactive ketones (excluding diaryl/α,β-unsaturated/α-hetero) is 1. The first kappa shape index (κ1) is 24.5. The molecule has 3 aliphatic carbocycles. The fourth-order valence-corrected chi connectivity index (χ4v) is 7.81. The van der Waals surface area contributed by atoms with Gasteiger partial charge < -0.3 is 24.8 Å². The van der Waals surface area contributed by atoms with Gasteiger partial charge in [-0.25, -0.2) is 0 Å². The Morgan fingerprint density at radius 2 is 1.97 bits per heavy atom. The van der Waals surface area contributed by atoms with E-state index in [0.717, 1.165) is 38.5 Å². The molecule has 1 aliphatic heterocycles. The molecule has 4 aliphatic rings.